The first-order valence-corrected chi connectivity index (χ1v) is 10.1. The van der Waals surface area contributed by atoms with Crippen molar-refractivity contribution in [1.82, 2.24) is 0 Å². The van der Waals surface area contributed by atoms with Gasteiger partial charge in [-0.15, -0.1) is 0 Å². The van der Waals surface area contributed by atoms with Crippen LogP contribution in [0.2, 0.25) is 0 Å². The van der Waals surface area contributed by atoms with E-state index in [-0.39, 0.29) is 16.2 Å². The zero-order chi connectivity index (χ0) is 20.6. The Bertz CT molecular complexity index is 1190. The van der Waals surface area contributed by atoms with E-state index in [9.17, 15) is 17.6 Å². The van der Waals surface area contributed by atoms with Crippen LogP contribution in [0.15, 0.2) is 53.4 Å². The third-order valence-electron chi connectivity index (χ3n) is 4.57. The Morgan fingerprint density at radius 1 is 1.00 bits per heavy atom. The first kappa shape index (κ1) is 19.8. The molecule has 2 N–H and O–H groups in total. The summed E-state index contributed by atoms with van der Waals surface area (Å²) < 4.78 is 46.2. The molecule has 0 radical (unpaired) electrons. The highest BCUT2D eigenvalue weighted by molar-refractivity contribution is 7.92. The molecular formula is C21H20FNO4S. The maximum Gasteiger partial charge on any atom is 0.280 e. The Morgan fingerprint density at radius 3 is 2.29 bits per heavy atom. The van der Waals surface area contributed by atoms with Crippen molar-refractivity contribution in [2.24, 2.45) is 5.73 Å². The lowest BCUT2D eigenvalue weighted by atomic mass is 10.1. The predicted molar refractivity (Wildman–Crippen MR) is 105 cm³/mol. The largest absolute Gasteiger partial charge is 0.464 e. The van der Waals surface area contributed by atoms with E-state index >= 15 is 0 Å². The molecule has 28 heavy (non-hydrogen) atoms. The normalized spacial score (nSPS) is 12.7. The van der Waals surface area contributed by atoms with Gasteiger partial charge in [-0.2, -0.15) is 0 Å². The number of halogens is 1. The smallest absolute Gasteiger partial charge is 0.280 e. The summed E-state index contributed by atoms with van der Waals surface area (Å²) in [5.41, 5.74) is 3.95. The van der Waals surface area contributed by atoms with Crippen LogP contribution in [0.5, 0.6) is 5.75 Å². The predicted octanol–water partition coefficient (Wildman–Crippen LogP) is 3.57. The summed E-state index contributed by atoms with van der Waals surface area (Å²) >= 11 is 0. The first-order chi connectivity index (χ1) is 13.1. The number of ether oxygens (including phenoxy) is 1. The van der Waals surface area contributed by atoms with Gasteiger partial charge >= 0.3 is 0 Å². The Kier molecular flexibility index (Phi) is 5.12. The van der Waals surface area contributed by atoms with E-state index in [0.717, 1.165) is 10.8 Å². The molecule has 3 aromatic carbocycles. The third-order valence-corrected chi connectivity index (χ3v) is 6.66. The Morgan fingerprint density at radius 2 is 1.64 bits per heavy atom. The van der Waals surface area contributed by atoms with Gasteiger partial charge in [0.25, 0.3) is 11.3 Å². The average Bonchev–Trinajstić information content (AvgIpc) is 2.63. The van der Waals surface area contributed by atoms with Crippen LogP contribution in [-0.4, -0.2) is 19.8 Å². The molecule has 1 amide bonds. The second-order valence-corrected chi connectivity index (χ2v) is 8.61. The summed E-state index contributed by atoms with van der Waals surface area (Å²) in [6.45, 7) is 4.44. The van der Waals surface area contributed by atoms with Crippen molar-refractivity contribution in [3.8, 4) is 5.75 Å². The maximum absolute atomic E-state index is 14.3. The molecular weight excluding hydrogens is 381 g/mol. The monoisotopic (exact) mass is 401 g/mol. The molecule has 0 aliphatic heterocycles. The van der Waals surface area contributed by atoms with Crippen molar-refractivity contribution >= 4 is 26.5 Å². The van der Waals surface area contributed by atoms with Gasteiger partial charge < -0.3 is 10.5 Å². The molecule has 146 valence electrons. The molecule has 0 aliphatic rings. The first-order valence-electron chi connectivity index (χ1n) is 8.58. The van der Waals surface area contributed by atoms with E-state index in [0.29, 0.717) is 11.1 Å². The number of carbonyl (C=O) groups is 1. The summed E-state index contributed by atoms with van der Waals surface area (Å²) in [4.78, 5) is 11.7. The molecule has 0 saturated carbocycles. The van der Waals surface area contributed by atoms with E-state index in [1.165, 1.54) is 13.0 Å². The van der Waals surface area contributed by atoms with Gasteiger partial charge in [-0.25, -0.2) is 12.8 Å². The number of sulfone groups is 1. The Hall–Kier alpha value is -2.93. The molecule has 0 aliphatic carbocycles. The molecule has 0 spiro atoms. The number of amides is 1. The summed E-state index contributed by atoms with van der Waals surface area (Å²) in [6.07, 6.45) is 0. The van der Waals surface area contributed by atoms with Gasteiger partial charge in [-0.1, -0.05) is 36.4 Å². The molecule has 0 bridgehead atoms. The van der Waals surface area contributed by atoms with Crippen LogP contribution >= 0.6 is 0 Å². The van der Waals surface area contributed by atoms with Crippen LogP contribution in [0.1, 0.15) is 16.7 Å². The molecule has 0 saturated heterocycles. The highest BCUT2D eigenvalue weighted by Crippen LogP contribution is 2.30. The molecule has 0 aromatic heterocycles. The van der Waals surface area contributed by atoms with E-state index in [4.69, 9.17) is 10.5 Å². The number of fused-ring (bicyclic) bond motifs is 1. The van der Waals surface area contributed by atoms with Crippen molar-refractivity contribution in [1.29, 1.82) is 0 Å². The summed E-state index contributed by atoms with van der Waals surface area (Å²) in [6, 6.07) is 13.8. The highest BCUT2D eigenvalue weighted by atomic mass is 32.2. The quantitative estimate of drug-likeness (QED) is 0.708. The Balaban J connectivity index is 2.09. The van der Waals surface area contributed by atoms with Crippen LogP contribution < -0.4 is 10.5 Å². The van der Waals surface area contributed by atoms with Gasteiger partial charge in [0.2, 0.25) is 9.84 Å². The molecule has 0 heterocycles. The molecule has 3 aromatic rings. The minimum atomic E-state index is -4.39. The average molecular weight is 401 g/mol. The van der Waals surface area contributed by atoms with Crippen molar-refractivity contribution in [2.75, 3.05) is 0 Å². The fourth-order valence-corrected chi connectivity index (χ4v) is 5.11. The minimum Gasteiger partial charge on any atom is -0.464 e. The summed E-state index contributed by atoms with van der Waals surface area (Å²) in [5, 5.41) is 1.75. The van der Waals surface area contributed by atoms with Crippen molar-refractivity contribution in [3.05, 3.63) is 71.0 Å². The Labute approximate surface area is 162 Å². The van der Waals surface area contributed by atoms with E-state index in [1.807, 2.05) is 24.3 Å². The molecule has 3 rings (SSSR count). The maximum atomic E-state index is 14.3. The topological polar surface area (TPSA) is 86.5 Å². The van der Waals surface area contributed by atoms with Crippen LogP contribution in [0.4, 0.5) is 4.39 Å². The number of nitrogens with two attached hydrogens (primary N) is 1. The third kappa shape index (κ3) is 3.45. The van der Waals surface area contributed by atoms with Crippen LogP contribution in [-0.2, 0) is 14.6 Å². The number of hydrogen-bond acceptors (Lipinski definition) is 4. The zero-order valence-corrected chi connectivity index (χ0v) is 16.5. The van der Waals surface area contributed by atoms with Crippen molar-refractivity contribution in [3.63, 3.8) is 0 Å². The van der Waals surface area contributed by atoms with Crippen LogP contribution in [0, 0.1) is 26.6 Å². The molecule has 5 nitrogen and oxygen atoms in total. The number of rotatable bonds is 5. The van der Waals surface area contributed by atoms with Gasteiger partial charge in [-0.05, 0) is 54.8 Å². The highest BCUT2D eigenvalue weighted by Gasteiger charge is 2.37. The van der Waals surface area contributed by atoms with Crippen LogP contribution in [0.3, 0.4) is 0 Å². The standard InChI is InChI=1S/C21H20FNO4S/c1-12-10-13(2)19(14(3)18(12)22)28(25,26)21(20(23)24)27-17-9-8-15-6-4-5-7-16(15)11-17/h4-11,21H,1-3H3,(H2,23,24). The van der Waals surface area contributed by atoms with Gasteiger partial charge in [0, 0.05) is 5.56 Å². The molecule has 0 fully saturated rings. The van der Waals surface area contributed by atoms with Gasteiger partial charge in [0.15, 0.2) is 0 Å². The number of carbonyl (C=O) groups excluding carboxylic acids is 1. The minimum absolute atomic E-state index is 0.0640. The second-order valence-electron chi connectivity index (χ2n) is 6.68. The van der Waals surface area contributed by atoms with Crippen LogP contribution in [0.25, 0.3) is 10.8 Å². The van der Waals surface area contributed by atoms with Crippen molar-refractivity contribution in [2.45, 2.75) is 31.1 Å². The zero-order valence-electron chi connectivity index (χ0n) is 15.7. The molecule has 1 atom stereocenters. The van der Waals surface area contributed by atoms with Gasteiger partial charge in [0.1, 0.15) is 11.6 Å². The summed E-state index contributed by atoms with van der Waals surface area (Å²) in [7, 11) is -4.39. The van der Waals surface area contributed by atoms with Gasteiger partial charge in [0.05, 0.1) is 4.90 Å². The molecule has 1 unspecified atom stereocenters. The lowest BCUT2D eigenvalue weighted by molar-refractivity contribution is -0.121. The van der Waals surface area contributed by atoms with E-state index in [1.54, 1.807) is 32.0 Å². The van der Waals surface area contributed by atoms with Gasteiger partial charge in [-0.3, -0.25) is 4.79 Å². The fourth-order valence-electron chi connectivity index (χ4n) is 3.33. The number of aryl methyl sites for hydroxylation is 2. The van der Waals surface area contributed by atoms with E-state index < -0.39 is 27.0 Å². The number of hydrogen-bond donors (Lipinski definition) is 1. The summed E-state index contributed by atoms with van der Waals surface area (Å²) in [5.74, 6) is -1.64. The second kappa shape index (κ2) is 7.24. The SMILES string of the molecule is Cc1cc(C)c(S(=O)(=O)C(Oc2ccc3ccccc3c2)C(N)=O)c(C)c1F. The molecule has 7 heteroatoms. The lowest BCUT2D eigenvalue weighted by Crippen LogP contribution is -2.41. The lowest BCUT2D eigenvalue weighted by Gasteiger charge is -2.20. The fraction of sp³-hybridized carbons (Fsp3) is 0.190. The number of benzene rings is 3. The number of primary amides is 1. The van der Waals surface area contributed by atoms with Crippen molar-refractivity contribution < 1.29 is 22.3 Å². The van der Waals surface area contributed by atoms with E-state index in [2.05, 4.69) is 0 Å².